The molecule has 0 aliphatic heterocycles. The van der Waals surface area contributed by atoms with Gasteiger partial charge in [0.05, 0.1) is 16.0 Å². The van der Waals surface area contributed by atoms with Crippen molar-refractivity contribution in [3.8, 4) is 6.19 Å². The van der Waals surface area contributed by atoms with Crippen LogP contribution in [0.1, 0.15) is 6.92 Å². The largest absolute Gasteiger partial charge is 0.310 e. The van der Waals surface area contributed by atoms with Gasteiger partial charge < -0.3 is 5.32 Å². The van der Waals surface area contributed by atoms with E-state index in [0.717, 1.165) is 11.8 Å². The first-order valence-electron chi connectivity index (χ1n) is 6.96. The standard InChI is InChI=1S/C16H14ClN5OS/c1-11(15(23)22-14-8-7-12(17)9-19-14)24-16(20-10-18)21-13-5-3-2-4-6-13/h2-9,11H,1H3,(H,20,21)(H,19,22,23). The number of carbonyl (C=O) groups is 1. The van der Waals surface area contributed by atoms with Crippen molar-refractivity contribution in [2.45, 2.75) is 12.2 Å². The van der Waals surface area contributed by atoms with Gasteiger partial charge in [-0.25, -0.2) is 9.98 Å². The van der Waals surface area contributed by atoms with Crippen molar-refractivity contribution < 1.29 is 4.79 Å². The van der Waals surface area contributed by atoms with E-state index in [4.69, 9.17) is 16.9 Å². The van der Waals surface area contributed by atoms with Gasteiger partial charge in [-0.3, -0.25) is 10.1 Å². The van der Waals surface area contributed by atoms with Gasteiger partial charge in [-0.1, -0.05) is 41.6 Å². The molecule has 0 aliphatic carbocycles. The average molecular weight is 360 g/mol. The monoisotopic (exact) mass is 359 g/mol. The third-order valence-electron chi connectivity index (χ3n) is 2.79. The normalized spacial score (nSPS) is 12.1. The summed E-state index contributed by atoms with van der Waals surface area (Å²) in [7, 11) is 0. The molecule has 0 saturated heterocycles. The Balaban J connectivity index is 2.03. The lowest BCUT2D eigenvalue weighted by Gasteiger charge is -2.12. The molecule has 0 radical (unpaired) electrons. The lowest BCUT2D eigenvalue weighted by atomic mass is 10.3. The number of rotatable bonds is 4. The van der Waals surface area contributed by atoms with Crippen LogP contribution in [-0.4, -0.2) is 21.3 Å². The van der Waals surface area contributed by atoms with Crippen LogP contribution >= 0.6 is 23.4 Å². The molecule has 1 atom stereocenters. The fraction of sp³-hybridized carbons (Fsp3) is 0.125. The molecule has 0 saturated carbocycles. The van der Waals surface area contributed by atoms with Crippen LogP contribution in [0, 0.1) is 11.5 Å². The number of halogens is 1. The number of amidine groups is 1. The molecular weight excluding hydrogens is 346 g/mol. The molecular formula is C16H14ClN5OS. The quantitative estimate of drug-likeness (QED) is 0.377. The summed E-state index contributed by atoms with van der Waals surface area (Å²) in [5.41, 5.74) is 0.690. The average Bonchev–Trinajstić information content (AvgIpc) is 2.58. The van der Waals surface area contributed by atoms with E-state index < -0.39 is 5.25 Å². The summed E-state index contributed by atoms with van der Waals surface area (Å²) in [5, 5.41) is 14.4. The Kier molecular flexibility index (Phi) is 6.61. The lowest BCUT2D eigenvalue weighted by Crippen LogP contribution is -2.27. The van der Waals surface area contributed by atoms with Crippen LogP contribution in [0.2, 0.25) is 5.02 Å². The predicted octanol–water partition coefficient (Wildman–Crippen LogP) is 3.55. The van der Waals surface area contributed by atoms with E-state index in [1.165, 1.54) is 6.20 Å². The second-order valence-electron chi connectivity index (χ2n) is 4.60. The molecule has 1 unspecified atom stereocenters. The zero-order valence-corrected chi connectivity index (χ0v) is 14.3. The maximum absolute atomic E-state index is 12.2. The number of nitriles is 1. The first-order chi connectivity index (χ1) is 11.6. The number of amides is 1. The molecule has 24 heavy (non-hydrogen) atoms. The van der Waals surface area contributed by atoms with Gasteiger partial charge in [0.25, 0.3) is 0 Å². The van der Waals surface area contributed by atoms with Crippen LogP contribution in [0.3, 0.4) is 0 Å². The van der Waals surface area contributed by atoms with Crippen molar-refractivity contribution in [2.24, 2.45) is 4.99 Å². The minimum absolute atomic E-state index is 0.254. The number of nitrogens with one attached hydrogen (secondary N) is 2. The second kappa shape index (κ2) is 8.91. The van der Waals surface area contributed by atoms with E-state index in [1.807, 2.05) is 36.5 Å². The first-order valence-corrected chi connectivity index (χ1v) is 8.22. The Morgan fingerprint density at radius 3 is 2.71 bits per heavy atom. The summed E-state index contributed by atoms with van der Waals surface area (Å²) in [6.45, 7) is 1.72. The molecule has 2 N–H and O–H groups in total. The van der Waals surface area contributed by atoms with Gasteiger partial charge in [-0.15, -0.1) is 0 Å². The minimum Gasteiger partial charge on any atom is -0.310 e. The van der Waals surface area contributed by atoms with Crippen LogP contribution in [0.5, 0.6) is 0 Å². The van der Waals surface area contributed by atoms with Crippen molar-refractivity contribution in [2.75, 3.05) is 5.32 Å². The summed E-state index contributed by atoms with van der Waals surface area (Å²) in [5.74, 6) is 0.155. The van der Waals surface area contributed by atoms with Crippen molar-refractivity contribution in [3.05, 3.63) is 53.7 Å². The number of pyridine rings is 1. The number of aromatic nitrogens is 1. The van der Waals surface area contributed by atoms with Crippen LogP contribution in [-0.2, 0) is 4.79 Å². The molecule has 1 aromatic heterocycles. The maximum atomic E-state index is 12.2. The molecule has 0 aliphatic rings. The number of hydrogen-bond donors (Lipinski definition) is 2. The van der Waals surface area contributed by atoms with Gasteiger partial charge in [-0.2, -0.15) is 5.26 Å². The Labute approximate surface area is 149 Å². The van der Waals surface area contributed by atoms with Crippen LogP contribution in [0.4, 0.5) is 11.5 Å². The summed E-state index contributed by atoms with van der Waals surface area (Å²) in [6, 6.07) is 12.4. The minimum atomic E-state index is -0.481. The molecule has 2 aromatic rings. The highest BCUT2D eigenvalue weighted by molar-refractivity contribution is 8.14. The highest BCUT2D eigenvalue weighted by atomic mass is 35.5. The summed E-state index contributed by atoms with van der Waals surface area (Å²) in [6.07, 6.45) is 3.28. The number of benzene rings is 1. The van der Waals surface area contributed by atoms with Crippen LogP contribution in [0.15, 0.2) is 53.7 Å². The lowest BCUT2D eigenvalue weighted by molar-refractivity contribution is -0.115. The van der Waals surface area contributed by atoms with E-state index in [1.54, 1.807) is 19.1 Å². The molecule has 1 amide bonds. The molecule has 122 valence electrons. The number of carbonyl (C=O) groups excluding carboxylic acids is 1. The summed E-state index contributed by atoms with van der Waals surface area (Å²) >= 11 is 6.90. The second-order valence-corrected chi connectivity index (χ2v) is 6.37. The topological polar surface area (TPSA) is 90.2 Å². The SMILES string of the molecule is CC(SC(=Nc1ccccc1)NC#N)C(=O)Nc1ccc(Cl)cn1. The molecule has 1 heterocycles. The molecule has 8 heteroatoms. The van der Waals surface area contributed by atoms with Gasteiger partial charge in [0.15, 0.2) is 11.4 Å². The number of para-hydroxylation sites is 1. The first kappa shape index (κ1) is 17.8. The van der Waals surface area contributed by atoms with Gasteiger partial charge >= 0.3 is 0 Å². The summed E-state index contributed by atoms with van der Waals surface area (Å²) in [4.78, 5) is 20.6. The van der Waals surface area contributed by atoms with Crippen LogP contribution < -0.4 is 10.6 Å². The van der Waals surface area contributed by atoms with Gasteiger partial charge in [0.2, 0.25) is 5.91 Å². The van der Waals surface area contributed by atoms with Gasteiger partial charge in [0, 0.05) is 6.20 Å². The number of anilines is 1. The van der Waals surface area contributed by atoms with Crippen molar-refractivity contribution in [1.82, 2.24) is 10.3 Å². The third kappa shape index (κ3) is 5.57. The van der Waals surface area contributed by atoms with Crippen molar-refractivity contribution in [3.63, 3.8) is 0 Å². The fourth-order valence-corrected chi connectivity index (χ4v) is 2.53. The van der Waals surface area contributed by atoms with E-state index in [0.29, 0.717) is 21.7 Å². The van der Waals surface area contributed by atoms with Gasteiger partial charge in [0.1, 0.15) is 5.82 Å². The number of nitrogens with zero attached hydrogens (tertiary/aromatic N) is 3. The zero-order valence-electron chi connectivity index (χ0n) is 12.7. The van der Waals surface area contributed by atoms with E-state index in [9.17, 15) is 4.79 Å². The number of aliphatic imine (C=N–C) groups is 1. The molecule has 0 fully saturated rings. The smallest absolute Gasteiger partial charge is 0.238 e. The number of hydrogen-bond acceptors (Lipinski definition) is 5. The molecule has 1 aromatic carbocycles. The Morgan fingerprint density at radius 2 is 2.08 bits per heavy atom. The highest BCUT2D eigenvalue weighted by Crippen LogP contribution is 2.19. The third-order valence-corrected chi connectivity index (χ3v) is 3.99. The van der Waals surface area contributed by atoms with Crippen molar-refractivity contribution in [1.29, 1.82) is 5.26 Å². The molecule has 6 nitrogen and oxygen atoms in total. The fourth-order valence-electron chi connectivity index (χ4n) is 1.65. The zero-order chi connectivity index (χ0) is 17.4. The molecule has 0 bridgehead atoms. The van der Waals surface area contributed by atoms with E-state index >= 15 is 0 Å². The summed E-state index contributed by atoms with van der Waals surface area (Å²) < 4.78 is 0. The molecule has 0 spiro atoms. The Morgan fingerprint density at radius 1 is 1.33 bits per heavy atom. The Hall–Kier alpha value is -2.56. The van der Waals surface area contributed by atoms with E-state index in [-0.39, 0.29) is 5.91 Å². The number of thioether (sulfide) groups is 1. The predicted molar refractivity (Wildman–Crippen MR) is 97.2 cm³/mol. The van der Waals surface area contributed by atoms with Crippen molar-refractivity contribution >= 4 is 45.9 Å². The highest BCUT2D eigenvalue weighted by Gasteiger charge is 2.17. The molecule has 2 rings (SSSR count). The Bertz CT molecular complexity index is 758. The van der Waals surface area contributed by atoms with E-state index in [2.05, 4.69) is 20.6 Å². The van der Waals surface area contributed by atoms with Crippen LogP contribution in [0.25, 0.3) is 0 Å². The van der Waals surface area contributed by atoms with Gasteiger partial charge in [-0.05, 0) is 31.2 Å². The maximum Gasteiger partial charge on any atom is 0.238 e.